The summed E-state index contributed by atoms with van der Waals surface area (Å²) < 4.78 is 5.37. The van der Waals surface area contributed by atoms with Gasteiger partial charge >= 0.3 is 5.97 Å². The van der Waals surface area contributed by atoms with Gasteiger partial charge in [0.1, 0.15) is 5.75 Å². The Bertz CT molecular complexity index is 464. The molecule has 0 aliphatic carbocycles. The second kappa shape index (κ2) is 5.73. The van der Waals surface area contributed by atoms with Crippen LogP contribution in [0, 0.1) is 6.92 Å². The first-order chi connectivity index (χ1) is 7.95. The Kier molecular flexibility index (Phi) is 4.58. The second-order valence-electron chi connectivity index (χ2n) is 3.70. The first-order valence-corrected chi connectivity index (χ1v) is 5.68. The van der Waals surface area contributed by atoms with Crippen LogP contribution in [0.2, 0.25) is 5.02 Å². The lowest BCUT2D eigenvalue weighted by Gasteiger charge is -2.11. The number of benzene rings is 1. The fourth-order valence-corrected chi connectivity index (χ4v) is 1.83. The highest BCUT2D eigenvalue weighted by atomic mass is 35.5. The van der Waals surface area contributed by atoms with Crippen molar-refractivity contribution in [2.75, 3.05) is 6.61 Å². The highest BCUT2D eigenvalue weighted by Crippen LogP contribution is 2.31. The highest BCUT2D eigenvalue weighted by molar-refractivity contribution is 6.32. The maximum absolute atomic E-state index is 10.6. The third-order valence-electron chi connectivity index (χ3n) is 2.34. The number of rotatable bonds is 4. The van der Waals surface area contributed by atoms with Crippen molar-refractivity contribution in [1.29, 1.82) is 0 Å². The molecule has 0 aliphatic rings. The zero-order valence-electron chi connectivity index (χ0n) is 10.1. The number of halogens is 1. The third-order valence-corrected chi connectivity index (χ3v) is 2.64. The van der Waals surface area contributed by atoms with Crippen molar-refractivity contribution < 1.29 is 14.6 Å². The molecule has 17 heavy (non-hydrogen) atoms. The quantitative estimate of drug-likeness (QED) is 0.836. The Morgan fingerprint density at radius 1 is 1.53 bits per heavy atom. The number of carbonyl (C=O) groups is 1. The maximum Gasteiger partial charge on any atom is 0.328 e. The monoisotopic (exact) mass is 254 g/mol. The lowest BCUT2D eigenvalue weighted by Crippen LogP contribution is -1.96. The third kappa shape index (κ3) is 3.49. The van der Waals surface area contributed by atoms with Crippen molar-refractivity contribution in [3.8, 4) is 5.75 Å². The van der Waals surface area contributed by atoms with Gasteiger partial charge in [-0.1, -0.05) is 11.6 Å². The molecule has 0 spiro atoms. The average molecular weight is 255 g/mol. The summed E-state index contributed by atoms with van der Waals surface area (Å²) in [6.07, 6.45) is 1.17. The van der Waals surface area contributed by atoms with Crippen molar-refractivity contribution in [2.24, 2.45) is 0 Å². The smallest absolute Gasteiger partial charge is 0.328 e. The van der Waals surface area contributed by atoms with Crippen LogP contribution in [0.3, 0.4) is 0 Å². The summed E-state index contributed by atoms with van der Waals surface area (Å²) in [5, 5.41) is 9.20. The molecule has 1 aromatic carbocycles. The molecule has 0 saturated carbocycles. The van der Waals surface area contributed by atoms with E-state index in [0.29, 0.717) is 23.0 Å². The van der Waals surface area contributed by atoms with E-state index in [4.69, 9.17) is 21.4 Å². The van der Waals surface area contributed by atoms with Crippen LogP contribution in [0.25, 0.3) is 5.57 Å². The Morgan fingerprint density at radius 2 is 2.18 bits per heavy atom. The number of hydrogen-bond acceptors (Lipinski definition) is 2. The summed E-state index contributed by atoms with van der Waals surface area (Å²) in [5.41, 5.74) is 2.42. The number of carboxylic acids is 1. The number of aryl methyl sites for hydroxylation is 1. The Hall–Kier alpha value is -1.48. The van der Waals surface area contributed by atoms with Gasteiger partial charge in [0.15, 0.2) is 0 Å². The molecule has 4 heteroatoms. The lowest BCUT2D eigenvalue weighted by atomic mass is 10.0. The number of aliphatic carboxylic acids is 1. The van der Waals surface area contributed by atoms with Crippen LogP contribution in [0.5, 0.6) is 5.75 Å². The van der Waals surface area contributed by atoms with Gasteiger partial charge in [-0.15, -0.1) is 0 Å². The van der Waals surface area contributed by atoms with E-state index in [9.17, 15) is 4.79 Å². The predicted octanol–water partition coefficient (Wildman–Crippen LogP) is 3.54. The minimum atomic E-state index is -0.966. The first-order valence-electron chi connectivity index (χ1n) is 5.30. The second-order valence-corrected chi connectivity index (χ2v) is 4.10. The summed E-state index contributed by atoms with van der Waals surface area (Å²) >= 11 is 6.06. The van der Waals surface area contributed by atoms with Crippen LogP contribution < -0.4 is 4.74 Å². The van der Waals surface area contributed by atoms with Gasteiger partial charge in [-0.2, -0.15) is 0 Å². The highest BCUT2D eigenvalue weighted by Gasteiger charge is 2.08. The molecule has 3 nitrogen and oxygen atoms in total. The minimum absolute atomic E-state index is 0.491. The van der Waals surface area contributed by atoms with E-state index in [-0.39, 0.29) is 0 Å². The van der Waals surface area contributed by atoms with Gasteiger partial charge < -0.3 is 9.84 Å². The molecule has 0 aromatic heterocycles. The summed E-state index contributed by atoms with van der Waals surface area (Å²) in [5.74, 6) is -0.342. The van der Waals surface area contributed by atoms with Gasteiger partial charge in [0, 0.05) is 6.08 Å². The van der Waals surface area contributed by atoms with E-state index < -0.39 is 5.97 Å². The zero-order chi connectivity index (χ0) is 13.0. The van der Waals surface area contributed by atoms with Crippen molar-refractivity contribution in [2.45, 2.75) is 20.8 Å². The van der Waals surface area contributed by atoms with Crippen molar-refractivity contribution in [3.63, 3.8) is 0 Å². The Morgan fingerprint density at radius 3 is 2.71 bits per heavy atom. The summed E-state index contributed by atoms with van der Waals surface area (Å²) in [6.45, 7) is 6.07. The molecule has 0 saturated heterocycles. The lowest BCUT2D eigenvalue weighted by molar-refractivity contribution is -0.131. The van der Waals surface area contributed by atoms with Crippen molar-refractivity contribution in [1.82, 2.24) is 0 Å². The van der Waals surface area contributed by atoms with Gasteiger partial charge in [0.05, 0.1) is 11.6 Å². The van der Waals surface area contributed by atoms with Gasteiger partial charge in [-0.05, 0) is 49.6 Å². The van der Waals surface area contributed by atoms with Gasteiger partial charge in [0.25, 0.3) is 0 Å². The van der Waals surface area contributed by atoms with E-state index in [1.807, 2.05) is 19.9 Å². The Labute approximate surface area is 106 Å². The summed E-state index contributed by atoms with van der Waals surface area (Å²) in [7, 11) is 0. The molecular weight excluding hydrogens is 240 g/mol. The van der Waals surface area contributed by atoms with Gasteiger partial charge in [-0.25, -0.2) is 4.79 Å². The van der Waals surface area contributed by atoms with Crippen LogP contribution in [0.4, 0.5) is 0 Å². The normalized spacial score (nSPS) is 11.4. The van der Waals surface area contributed by atoms with Crippen molar-refractivity contribution in [3.05, 3.63) is 34.4 Å². The molecule has 1 aromatic rings. The van der Waals surface area contributed by atoms with Gasteiger partial charge in [-0.3, -0.25) is 0 Å². The standard InChI is InChI=1S/C13H15ClO3/c1-4-17-12-5-8(2)10(7-11(12)14)9(3)6-13(15)16/h5-7H,4H2,1-3H3,(H,15,16)/b9-6+. The fraction of sp³-hybridized carbons (Fsp3) is 0.308. The van der Waals surface area contributed by atoms with Gasteiger partial charge in [0.2, 0.25) is 0 Å². The Balaban J connectivity index is 3.20. The number of hydrogen-bond donors (Lipinski definition) is 1. The van der Waals surface area contributed by atoms with E-state index >= 15 is 0 Å². The maximum atomic E-state index is 10.6. The van der Waals surface area contributed by atoms with E-state index in [1.165, 1.54) is 6.08 Å². The molecule has 92 valence electrons. The van der Waals surface area contributed by atoms with Crippen LogP contribution in [0.15, 0.2) is 18.2 Å². The number of allylic oxidation sites excluding steroid dienone is 1. The average Bonchev–Trinajstić information content (AvgIpc) is 2.22. The molecule has 0 bridgehead atoms. The molecule has 0 amide bonds. The molecule has 1 N–H and O–H groups in total. The molecule has 0 radical (unpaired) electrons. The number of carboxylic acid groups (broad SMARTS) is 1. The van der Waals surface area contributed by atoms with E-state index in [1.54, 1.807) is 13.0 Å². The number of ether oxygens (including phenoxy) is 1. The molecule has 1 rings (SSSR count). The van der Waals surface area contributed by atoms with E-state index in [0.717, 1.165) is 11.1 Å². The molecule has 0 heterocycles. The van der Waals surface area contributed by atoms with Crippen molar-refractivity contribution >= 4 is 23.1 Å². The van der Waals surface area contributed by atoms with Crippen LogP contribution in [0.1, 0.15) is 25.0 Å². The SMILES string of the molecule is CCOc1cc(C)c(/C(C)=C/C(=O)O)cc1Cl. The fourth-order valence-electron chi connectivity index (χ4n) is 1.61. The predicted molar refractivity (Wildman–Crippen MR) is 68.6 cm³/mol. The molecule has 0 fully saturated rings. The molecule has 0 atom stereocenters. The topological polar surface area (TPSA) is 46.5 Å². The largest absolute Gasteiger partial charge is 0.492 e. The summed E-state index contributed by atoms with van der Waals surface area (Å²) in [4.78, 5) is 10.6. The zero-order valence-corrected chi connectivity index (χ0v) is 10.8. The van der Waals surface area contributed by atoms with Crippen LogP contribution >= 0.6 is 11.6 Å². The van der Waals surface area contributed by atoms with E-state index in [2.05, 4.69) is 0 Å². The molecule has 0 aliphatic heterocycles. The van der Waals surface area contributed by atoms with Crippen LogP contribution in [-0.2, 0) is 4.79 Å². The molecule has 0 unspecified atom stereocenters. The summed E-state index contributed by atoms with van der Waals surface area (Å²) in [6, 6.07) is 3.55. The molecular formula is C13H15ClO3. The van der Waals surface area contributed by atoms with Crippen LogP contribution in [-0.4, -0.2) is 17.7 Å². The minimum Gasteiger partial charge on any atom is -0.492 e. The first kappa shape index (κ1) is 13.6.